The maximum atomic E-state index is 13.0. The molecule has 0 aliphatic carbocycles. The molecule has 1 aliphatic rings. The van der Waals surface area contributed by atoms with Gasteiger partial charge in [0.15, 0.2) is 5.69 Å². The van der Waals surface area contributed by atoms with Crippen molar-refractivity contribution in [3.8, 4) is 0 Å². The second-order valence-electron chi connectivity index (χ2n) is 5.28. The second-order valence-corrected chi connectivity index (χ2v) is 5.28. The number of H-pyrrole nitrogens is 1. The Hall–Kier alpha value is -2.91. The minimum Gasteiger partial charge on any atom is -0.334 e. The van der Waals surface area contributed by atoms with Crippen LogP contribution in [0.2, 0.25) is 0 Å². The van der Waals surface area contributed by atoms with Crippen molar-refractivity contribution in [3.05, 3.63) is 56.9 Å². The van der Waals surface area contributed by atoms with Crippen LogP contribution in [0.25, 0.3) is 0 Å². The van der Waals surface area contributed by atoms with E-state index in [1.165, 1.54) is 24.3 Å². The number of amides is 1. The highest BCUT2D eigenvalue weighted by Crippen LogP contribution is 2.34. The number of nitrogens with one attached hydrogen (secondary N) is 1. The number of nitrogens with zero attached hydrogens (tertiary/aromatic N) is 3. The number of carbonyl (C=O) groups excluding carboxylic acids is 1. The van der Waals surface area contributed by atoms with Crippen molar-refractivity contribution in [2.24, 2.45) is 0 Å². The zero-order valence-corrected chi connectivity index (χ0v) is 12.1. The Bertz CT molecular complexity index is 816. The first kappa shape index (κ1) is 16.0. The molecule has 10 heteroatoms. The van der Waals surface area contributed by atoms with Crippen molar-refractivity contribution in [3.63, 3.8) is 0 Å². The van der Waals surface area contributed by atoms with Crippen LogP contribution in [0.5, 0.6) is 0 Å². The maximum Gasteiger partial charge on any atom is 0.435 e. The number of aromatic amines is 1. The van der Waals surface area contributed by atoms with Crippen LogP contribution in [-0.4, -0.2) is 32.5 Å². The van der Waals surface area contributed by atoms with Gasteiger partial charge in [-0.1, -0.05) is 12.1 Å². The highest BCUT2D eigenvalue weighted by atomic mass is 19.4. The van der Waals surface area contributed by atoms with Gasteiger partial charge in [0.05, 0.1) is 4.92 Å². The van der Waals surface area contributed by atoms with Gasteiger partial charge in [0.1, 0.15) is 5.56 Å². The standard InChI is InChI=1S/C14H11F3N4O3/c15-14(16,17)12-9-7-20(6-5-10(9)18-19-12)13(22)8-3-1-2-4-11(8)21(23)24/h1-4H,5-7H2,(H,18,19). The van der Waals surface area contributed by atoms with Gasteiger partial charge < -0.3 is 4.90 Å². The first-order valence-corrected chi connectivity index (χ1v) is 6.95. The predicted molar refractivity (Wildman–Crippen MR) is 75.1 cm³/mol. The number of benzene rings is 1. The van der Waals surface area contributed by atoms with Crippen LogP contribution in [0.4, 0.5) is 18.9 Å². The van der Waals surface area contributed by atoms with Crippen molar-refractivity contribution in [1.82, 2.24) is 15.1 Å². The Kier molecular flexibility index (Phi) is 3.74. The van der Waals surface area contributed by atoms with Crippen molar-refractivity contribution < 1.29 is 22.9 Å². The largest absolute Gasteiger partial charge is 0.435 e. The molecule has 1 aromatic carbocycles. The summed E-state index contributed by atoms with van der Waals surface area (Å²) in [6.45, 7) is -0.150. The molecule has 0 bridgehead atoms. The molecular formula is C14H11F3N4O3. The quantitative estimate of drug-likeness (QED) is 0.672. The number of fused-ring (bicyclic) bond motifs is 1. The number of alkyl halides is 3. The fraction of sp³-hybridized carbons (Fsp3) is 0.286. The van der Waals surface area contributed by atoms with E-state index in [0.29, 0.717) is 5.69 Å². The fourth-order valence-corrected chi connectivity index (χ4v) is 2.69. The van der Waals surface area contributed by atoms with Crippen LogP contribution in [0.3, 0.4) is 0 Å². The number of aromatic nitrogens is 2. The zero-order chi connectivity index (χ0) is 17.5. The van der Waals surface area contributed by atoms with E-state index < -0.39 is 22.7 Å². The first-order chi connectivity index (χ1) is 11.3. The van der Waals surface area contributed by atoms with E-state index in [1.807, 2.05) is 0 Å². The van der Waals surface area contributed by atoms with Gasteiger partial charge in [-0.25, -0.2) is 0 Å². The number of carbonyl (C=O) groups is 1. The number of hydrogen-bond acceptors (Lipinski definition) is 4. The molecule has 2 aromatic rings. The van der Waals surface area contributed by atoms with Gasteiger partial charge in [-0.15, -0.1) is 0 Å². The van der Waals surface area contributed by atoms with Crippen molar-refractivity contribution in [2.75, 3.05) is 6.54 Å². The summed E-state index contributed by atoms with van der Waals surface area (Å²) in [6.07, 6.45) is -4.46. The molecule has 0 atom stereocenters. The van der Waals surface area contributed by atoms with Gasteiger partial charge in [-0.05, 0) is 6.07 Å². The zero-order valence-electron chi connectivity index (χ0n) is 12.1. The van der Waals surface area contributed by atoms with E-state index in [1.54, 1.807) is 0 Å². The second kappa shape index (κ2) is 5.62. The molecule has 0 spiro atoms. The molecular weight excluding hydrogens is 329 g/mol. The number of para-hydroxylation sites is 1. The molecule has 1 N–H and O–H groups in total. The average Bonchev–Trinajstić information content (AvgIpc) is 2.97. The van der Waals surface area contributed by atoms with Crippen LogP contribution in [0, 0.1) is 10.1 Å². The van der Waals surface area contributed by atoms with Crippen LogP contribution in [0.1, 0.15) is 27.3 Å². The molecule has 1 amide bonds. The lowest BCUT2D eigenvalue weighted by Gasteiger charge is -2.27. The monoisotopic (exact) mass is 340 g/mol. The molecule has 0 radical (unpaired) electrons. The SMILES string of the molecule is O=C(c1ccccc1[N+](=O)[O-])N1CCc2[nH]nc(C(F)(F)F)c2C1. The minimum atomic E-state index is -4.63. The third-order valence-electron chi connectivity index (χ3n) is 3.82. The lowest BCUT2D eigenvalue weighted by molar-refractivity contribution is -0.385. The summed E-state index contributed by atoms with van der Waals surface area (Å²) >= 11 is 0. The van der Waals surface area contributed by atoms with Gasteiger partial charge >= 0.3 is 6.18 Å². The topological polar surface area (TPSA) is 92.1 Å². The van der Waals surface area contributed by atoms with Gasteiger partial charge in [-0.3, -0.25) is 20.0 Å². The fourth-order valence-electron chi connectivity index (χ4n) is 2.69. The smallest absolute Gasteiger partial charge is 0.334 e. The summed E-state index contributed by atoms with van der Waals surface area (Å²) < 4.78 is 38.9. The molecule has 1 aromatic heterocycles. The van der Waals surface area contributed by atoms with Crippen LogP contribution >= 0.6 is 0 Å². The molecule has 0 saturated heterocycles. The third-order valence-corrected chi connectivity index (χ3v) is 3.82. The summed E-state index contributed by atoms with van der Waals surface area (Å²) in [6, 6.07) is 5.35. The minimum absolute atomic E-state index is 0.0966. The number of rotatable bonds is 2. The van der Waals surface area contributed by atoms with Gasteiger partial charge in [0.2, 0.25) is 0 Å². The summed E-state index contributed by atoms with van der Waals surface area (Å²) in [5.41, 5.74) is -1.35. The molecule has 0 unspecified atom stereocenters. The predicted octanol–water partition coefficient (Wildman–Crippen LogP) is 2.54. The molecule has 24 heavy (non-hydrogen) atoms. The van der Waals surface area contributed by atoms with Crippen molar-refractivity contribution in [1.29, 1.82) is 0 Å². The van der Waals surface area contributed by atoms with E-state index in [0.717, 1.165) is 4.90 Å². The van der Waals surface area contributed by atoms with E-state index in [4.69, 9.17) is 0 Å². The third kappa shape index (κ3) is 2.70. The van der Waals surface area contributed by atoms with Gasteiger partial charge in [-0.2, -0.15) is 18.3 Å². The molecule has 3 rings (SSSR count). The summed E-state index contributed by atoms with van der Waals surface area (Å²) in [4.78, 5) is 24.0. The van der Waals surface area contributed by atoms with Crippen molar-refractivity contribution in [2.45, 2.75) is 19.1 Å². The Morgan fingerprint density at radius 3 is 2.71 bits per heavy atom. The highest BCUT2D eigenvalue weighted by molar-refractivity contribution is 5.98. The van der Waals surface area contributed by atoms with E-state index in [9.17, 15) is 28.1 Å². The Morgan fingerprint density at radius 1 is 1.33 bits per heavy atom. The number of nitro groups is 1. The Balaban J connectivity index is 1.92. The van der Waals surface area contributed by atoms with Gasteiger partial charge in [0.25, 0.3) is 11.6 Å². The van der Waals surface area contributed by atoms with Crippen LogP contribution in [-0.2, 0) is 19.1 Å². The summed E-state index contributed by atoms with van der Waals surface area (Å²) in [5.74, 6) is -0.678. The number of nitro benzene ring substituents is 1. The normalized spacial score (nSPS) is 14.4. The first-order valence-electron chi connectivity index (χ1n) is 6.95. The maximum absolute atomic E-state index is 13.0. The molecule has 2 heterocycles. The summed E-state index contributed by atoms with van der Waals surface area (Å²) in [5, 5.41) is 16.7. The Labute approximate surface area is 133 Å². The molecule has 126 valence electrons. The molecule has 1 aliphatic heterocycles. The lowest BCUT2D eigenvalue weighted by Crippen LogP contribution is -2.36. The molecule has 0 fully saturated rings. The highest BCUT2D eigenvalue weighted by Gasteiger charge is 2.40. The van der Waals surface area contributed by atoms with E-state index in [2.05, 4.69) is 10.2 Å². The number of halogens is 3. The van der Waals surface area contributed by atoms with Crippen LogP contribution in [0.15, 0.2) is 24.3 Å². The van der Waals surface area contributed by atoms with E-state index >= 15 is 0 Å². The average molecular weight is 340 g/mol. The van der Waals surface area contributed by atoms with Crippen molar-refractivity contribution >= 4 is 11.6 Å². The van der Waals surface area contributed by atoms with Gasteiger partial charge in [0, 0.05) is 36.8 Å². The lowest BCUT2D eigenvalue weighted by atomic mass is 10.0. The van der Waals surface area contributed by atoms with Crippen LogP contribution < -0.4 is 0 Å². The Morgan fingerprint density at radius 2 is 2.04 bits per heavy atom. The van der Waals surface area contributed by atoms with E-state index in [-0.39, 0.29) is 36.3 Å². The summed E-state index contributed by atoms with van der Waals surface area (Å²) in [7, 11) is 0. The molecule has 0 saturated carbocycles. The number of hydrogen-bond donors (Lipinski definition) is 1. The molecule has 7 nitrogen and oxygen atoms in total.